The zero-order valence-electron chi connectivity index (χ0n) is 20.6. The smallest absolute Gasteiger partial charge is 0.0420 e. The van der Waals surface area contributed by atoms with E-state index in [4.69, 9.17) is 0 Å². The maximum atomic E-state index is 4.34. The van der Waals surface area contributed by atoms with Crippen molar-refractivity contribution in [3.05, 3.63) is 113 Å². The van der Waals surface area contributed by atoms with Crippen molar-refractivity contribution in [1.82, 2.24) is 0 Å². The van der Waals surface area contributed by atoms with Crippen LogP contribution in [-0.4, -0.2) is 0 Å². The lowest BCUT2D eigenvalue weighted by molar-refractivity contribution is 0.706. The topological polar surface area (TPSA) is 0 Å². The van der Waals surface area contributed by atoms with Gasteiger partial charge in [0.05, 0.1) is 0 Å². The first-order chi connectivity index (χ1) is 15.9. The Bertz CT molecular complexity index is 1140. The van der Waals surface area contributed by atoms with Crippen LogP contribution in [0.25, 0.3) is 17.7 Å². The Kier molecular flexibility index (Phi) is 8.91. The van der Waals surface area contributed by atoms with E-state index in [2.05, 4.69) is 131 Å². The van der Waals surface area contributed by atoms with Gasteiger partial charge in [-0.1, -0.05) is 128 Å². The van der Waals surface area contributed by atoms with Crippen LogP contribution in [0.15, 0.2) is 85.0 Å². The van der Waals surface area contributed by atoms with Crippen LogP contribution in [0.5, 0.6) is 0 Å². The minimum atomic E-state index is 0.268. The van der Waals surface area contributed by atoms with Gasteiger partial charge < -0.3 is 0 Å². The molecule has 0 radical (unpaired) electrons. The zero-order chi connectivity index (χ0) is 23.6. The minimum absolute atomic E-state index is 0.268. The molecule has 0 N–H and O–H groups in total. The molecule has 33 heavy (non-hydrogen) atoms. The molecule has 3 rings (SSSR count). The van der Waals surface area contributed by atoms with Gasteiger partial charge in [0.1, 0.15) is 0 Å². The normalized spacial score (nSPS) is 16.5. The van der Waals surface area contributed by atoms with E-state index in [9.17, 15) is 0 Å². The summed E-state index contributed by atoms with van der Waals surface area (Å²) >= 11 is 0. The highest BCUT2D eigenvalue weighted by Crippen LogP contribution is 2.23. The number of benzene rings is 2. The Morgan fingerprint density at radius 1 is 1.06 bits per heavy atom. The second-order valence-corrected chi connectivity index (χ2v) is 9.04. The summed E-state index contributed by atoms with van der Waals surface area (Å²) in [6.45, 7) is 13.0. The SMILES string of the molecule is C=C(/C=C\C(C#CC1C=CC(C)=CC1)CCC)c1ccc(C=Cc2ccc(C)cc2)cc1C. The van der Waals surface area contributed by atoms with E-state index >= 15 is 0 Å². The molecule has 2 atom stereocenters. The van der Waals surface area contributed by atoms with E-state index in [1.165, 1.54) is 33.4 Å². The van der Waals surface area contributed by atoms with Gasteiger partial charge in [-0.2, -0.15) is 0 Å². The van der Waals surface area contributed by atoms with E-state index in [1.807, 2.05) is 0 Å². The van der Waals surface area contributed by atoms with Gasteiger partial charge in [-0.25, -0.2) is 0 Å². The summed E-state index contributed by atoms with van der Waals surface area (Å²) in [5, 5.41) is 0. The standard InChI is InChI=1S/C33H36/c1-6-7-29(18-19-30-13-8-25(2)9-14-30)17-12-27(4)33-23-22-32(24-28(33)5)21-20-31-15-10-26(3)11-16-31/h8-13,15-17,20-24,29-30H,4,6-7,14H2,1-3,5H3/b17-12-,21-20?. The molecule has 0 spiro atoms. The summed E-state index contributed by atoms with van der Waals surface area (Å²) in [5.41, 5.74) is 8.51. The number of allylic oxidation sites excluding steroid dienone is 7. The highest BCUT2D eigenvalue weighted by Gasteiger charge is 2.06. The Balaban J connectivity index is 1.66. The van der Waals surface area contributed by atoms with Crippen LogP contribution in [0, 0.1) is 37.5 Å². The molecule has 0 bridgehead atoms. The lowest BCUT2D eigenvalue weighted by atomic mass is 9.94. The van der Waals surface area contributed by atoms with Gasteiger partial charge in [0.25, 0.3) is 0 Å². The molecule has 1 aliphatic carbocycles. The van der Waals surface area contributed by atoms with Crippen LogP contribution in [0.4, 0.5) is 0 Å². The van der Waals surface area contributed by atoms with E-state index in [1.54, 1.807) is 0 Å². The first kappa shape index (κ1) is 24.3. The van der Waals surface area contributed by atoms with Gasteiger partial charge in [0.15, 0.2) is 0 Å². The van der Waals surface area contributed by atoms with Crippen molar-refractivity contribution in [3.8, 4) is 11.8 Å². The molecule has 0 aliphatic heterocycles. The Hall–Kier alpha value is -3.30. The van der Waals surface area contributed by atoms with E-state index in [0.29, 0.717) is 5.92 Å². The molecule has 1 aliphatic rings. The van der Waals surface area contributed by atoms with E-state index in [0.717, 1.165) is 24.8 Å². The molecule has 0 amide bonds. The monoisotopic (exact) mass is 432 g/mol. The Morgan fingerprint density at radius 3 is 2.45 bits per heavy atom. The average Bonchev–Trinajstić information content (AvgIpc) is 2.81. The van der Waals surface area contributed by atoms with Crippen LogP contribution in [-0.2, 0) is 0 Å². The molecule has 0 nitrogen and oxygen atoms in total. The maximum Gasteiger partial charge on any atom is 0.0420 e. The molecule has 0 heteroatoms. The molecule has 0 saturated carbocycles. The number of hydrogen-bond donors (Lipinski definition) is 0. The van der Waals surface area contributed by atoms with Gasteiger partial charge >= 0.3 is 0 Å². The van der Waals surface area contributed by atoms with Crippen molar-refractivity contribution < 1.29 is 0 Å². The summed E-state index contributed by atoms with van der Waals surface area (Å²) in [5.74, 6) is 7.58. The highest BCUT2D eigenvalue weighted by molar-refractivity contribution is 5.77. The van der Waals surface area contributed by atoms with Crippen LogP contribution in [0.1, 0.15) is 60.9 Å². The summed E-state index contributed by atoms with van der Waals surface area (Å²) in [7, 11) is 0. The maximum absolute atomic E-state index is 4.34. The van der Waals surface area contributed by atoms with Gasteiger partial charge in [-0.15, -0.1) is 0 Å². The third kappa shape index (κ3) is 7.65. The largest absolute Gasteiger partial charge is 0.0951 e. The van der Waals surface area contributed by atoms with Gasteiger partial charge in [0.2, 0.25) is 0 Å². The van der Waals surface area contributed by atoms with Gasteiger partial charge in [-0.3, -0.25) is 0 Å². The second kappa shape index (κ2) is 12.1. The predicted octanol–water partition coefficient (Wildman–Crippen LogP) is 8.99. The summed E-state index contributed by atoms with van der Waals surface area (Å²) in [6, 6.07) is 15.2. The van der Waals surface area contributed by atoms with Gasteiger partial charge in [0, 0.05) is 11.8 Å². The zero-order valence-corrected chi connectivity index (χ0v) is 20.6. The first-order valence-corrected chi connectivity index (χ1v) is 12.0. The van der Waals surface area contributed by atoms with Crippen molar-refractivity contribution in [3.63, 3.8) is 0 Å². The molecule has 2 aromatic carbocycles. The Morgan fingerprint density at radius 2 is 1.79 bits per heavy atom. The number of aryl methyl sites for hydroxylation is 2. The average molecular weight is 433 g/mol. The summed E-state index contributed by atoms with van der Waals surface area (Å²) < 4.78 is 0. The van der Waals surface area contributed by atoms with Gasteiger partial charge in [-0.05, 0) is 61.4 Å². The van der Waals surface area contributed by atoms with Crippen LogP contribution in [0.3, 0.4) is 0 Å². The number of rotatable bonds is 7. The Labute approximate surface area is 201 Å². The minimum Gasteiger partial charge on any atom is -0.0951 e. The van der Waals surface area contributed by atoms with Crippen molar-refractivity contribution in [2.75, 3.05) is 0 Å². The van der Waals surface area contributed by atoms with E-state index in [-0.39, 0.29) is 5.92 Å². The highest BCUT2D eigenvalue weighted by atomic mass is 14.1. The molecule has 0 aromatic heterocycles. The van der Waals surface area contributed by atoms with Crippen LogP contribution >= 0.6 is 0 Å². The van der Waals surface area contributed by atoms with E-state index < -0.39 is 0 Å². The molecular formula is C33H36. The van der Waals surface area contributed by atoms with Crippen LogP contribution in [0.2, 0.25) is 0 Å². The molecule has 2 aromatic rings. The number of hydrogen-bond acceptors (Lipinski definition) is 0. The molecule has 2 unspecified atom stereocenters. The summed E-state index contributed by atoms with van der Waals surface area (Å²) in [6.07, 6.45) is 18.6. The molecular weight excluding hydrogens is 396 g/mol. The van der Waals surface area contributed by atoms with Crippen molar-refractivity contribution in [1.29, 1.82) is 0 Å². The third-order valence-corrected chi connectivity index (χ3v) is 6.01. The predicted molar refractivity (Wildman–Crippen MR) is 147 cm³/mol. The van der Waals surface area contributed by atoms with Crippen molar-refractivity contribution in [2.45, 2.75) is 47.0 Å². The third-order valence-electron chi connectivity index (χ3n) is 6.01. The quantitative estimate of drug-likeness (QED) is 0.233. The molecule has 0 heterocycles. The fraction of sp³-hybridized carbons (Fsp3) is 0.273. The lowest BCUT2D eigenvalue weighted by Gasteiger charge is -2.10. The first-order valence-electron chi connectivity index (χ1n) is 12.0. The summed E-state index contributed by atoms with van der Waals surface area (Å²) in [4.78, 5) is 0. The lowest BCUT2D eigenvalue weighted by Crippen LogP contribution is -1.98. The fourth-order valence-electron chi connectivity index (χ4n) is 3.92. The van der Waals surface area contributed by atoms with Crippen LogP contribution < -0.4 is 0 Å². The second-order valence-electron chi connectivity index (χ2n) is 9.04. The molecule has 0 saturated heterocycles. The van der Waals surface area contributed by atoms with Crippen molar-refractivity contribution >= 4 is 17.7 Å². The van der Waals surface area contributed by atoms with Crippen molar-refractivity contribution in [2.24, 2.45) is 11.8 Å². The molecule has 0 fully saturated rings. The fourth-order valence-corrected chi connectivity index (χ4v) is 3.92. The molecule has 168 valence electrons.